The number of rotatable bonds is 5. The maximum absolute atomic E-state index is 12.9. The van der Waals surface area contributed by atoms with Gasteiger partial charge in [-0.3, -0.25) is 14.2 Å². The van der Waals surface area contributed by atoms with E-state index >= 15 is 0 Å². The van der Waals surface area contributed by atoms with Crippen molar-refractivity contribution >= 4 is 23.2 Å². The number of benzene rings is 1. The van der Waals surface area contributed by atoms with Crippen LogP contribution in [0.4, 0.5) is 18.9 Å². The number of hydrogen-bond acceptors (Lipinski definition) is 3. The summed E-state index contributed by atoms with van der Waals surface area (Å²) < 4.78 is 41.9. The average Bonchev–Trinajstić information content (AvgIpc) is 3.16. The minimum atomic E-state index is -4.41. The molecule has 1 amide bonds. The van der Waals surface area contributed by atoms with E-state index in [4.69, 9.17) is 11.6 Å². The number of nitrogens with zero attached hydrogens (tertiary/aromatic N) is 4. The number of halogens is 4. The molecule has 1 aromatic carbocycles. The molecule has 0 bridgehead atoms. The minimum Gasteiger partial charge on any atom is -0.317 e. The van der Waals surface area contributed by atoms with Crippen LogP contribution in [0.3, 0.4) is 0 Å². The molecule has 3 aromatic rings. The number of aryl methyl sites for hydroxylation is 2. The Hall–Kier alpha value is -2.81. The molecule has 3 rings (SSSR count). The minimum absolute atomic E-state index is 0.0953. The summed E-state index contributed by atoms with van der Waals surface area (Å²) in [6.07, 6.45) is -2.85. The Balaban J connectivity index is 1.83. The van der Waals surface area contributed by atoms with Crippen LogP contribution in [0, 0.1) is 13.8 Å². The second kappa shape index (κ2) is 7.90. The molecule has 1 N–H and O–H groups in total. The third-order valence-corrected chi connectivity index (χ3v) is 4.74. The lowest BCUT2D eigenvalue weighted by atomic mass is 10.1. The number of carbonyl (C=O) groups is 1. The van der Waals surface area contributed by atoms with E-state index in [1.165, 1.54) is 6.07 Å². The Labute approximate surface area is 170 Å². The first-order valence-corrected chi connectivity index (χ1v) is 9.22. The Morgan fingerprint density at radius 3 is 2.59 bits per heavy atom. The molecule has 0 unspecified atom stereocenters. The molecule has 0 aliphatic rings. The lowest BCUT2D eigenvalue weighted by Crippen LogP contribution is -2.15. The van der Waals surface area contributed by atoms with Gasteiger partial charge in [0.15, 0.2) is 5.69 Å². The van der Waals surface area contributed by atoms with Crippen LogP contribution >= 0.6 is 11.6 Å². The topological polar surface area (TPSA) is 64.7 Å². The van der Waals surface area contributed by atoms with E-state index in [1.807, 2.05) is 6.92 Å². The summed E-state index contributed by atoms with van der Waals surface area (Å²) in [6.45, 7) is 6.02. The fraction of sp³-hybridized carbons (Fsp3) is 0.316. The fourth-order valence-corrected chi connectivity index (χ4v) is 3.17. The van der Waals surface area contributed by atoms with Gasteiger partial charge in [-0.25, -0.2) is 0 Å². The van der Waals surface area contributed by atoms with Gasteiger partial charge in [-0.2, -0.15) is 23.4 Å². The van der Waals surface area contributed by atoms with Gasteiger partial charge in [-0.05, 0) is 38.5 Å². The van der Waals surface area contributed by atoms with E-state index in [0.717, 1.165) is 12.1 Å². The molecule has 29 heavy (non-hydrogen) atoms. The summed E-state index contributed by atoms with van der Waals surface area (Å²) in [5.74, 6) is -0.480. The molecular weight excluding hydrogens is 407 g/mol. The van der Waals surface area contributed by atoms with Crippen molar-refractivity contribution in [2.24, 2.45) is 0 Å². The lowest BCUT2D eigenvalue weighted by Gasteiger charge is -2.10. The van der Waals surface area contributed by atoms with Gasteiger partial charge in [-0.15, -0.1) is 0 Å². The largest absolute Gasteiger partial charge is 0.416 e. The second-order valence-electron chi connectivity index (χ2n) is 6.54. The fourth-order valence-electron chi connectivity index (χ4n) is 2.94. The van der Waals surface area contributed by atoms with Gasteiger partial charge in [0.2, 0.25) is 0 Å². The SMILES string of the molecule is CCn1cc(Cl)c(C(=O)Nc2c(C)nn(Cc3cccc(C(F)(F)F)c3)c2C)n1. The smallest absolute Gasteiger partial charge is 0.317 e. The van der Waals surface area contributed by atoms with Gasteiger partial charge in [0.05, 0.1) is 34.2 Å². The highest BCUT2D eigenvalue weighted by Crippen LogP contribution is 2.30. The van der Waals surface area contributed by atoms with Crippen molar-refractivity contribution in [3.05, 3.63) is 63.7 Å². The van der Waals surface area contributed by atoms with Crippen molar-refractivity contribution in [3.63, 3.8) is 0 Å². The molecule has 0 saturated heterocycles. The van der Waals surface area contributed by atoms with Crippen LogP contribution in [0.25, 0.3) is 0 Å². The highest BCUT2D eigenvalue weighted by molar-refractivity contribution is 6.34. The summed E-state index contributed by atoms with van der Waals surface area (Å²) in [5, 5.41) is 11.5. The molecule has 0 aliphatic heterocycles. The van der Waals surface area contributed by atoms with Crippen molar-refractivity contribution in [1.82, 2.24) is 19.6 Å². The van der Waals surface area contributed by atoms with E-state index in [9.17, 15) is 18.0 Å². The Bertz CT molecular complexity index is 1050. The normalized spacial score (nSPS) is 11.7. The zero-order chi connectivity index (χ0) is 21.3. The average molecular weight is 426 g/mol. The molecule has 0 aliphatic carbocycles. The first-order valence-electron chi connectivity index (χ1n) is 8.84. The molecule has 6 nitrogen and oxygen atoms in total. The van der Waals surface area contributed by atoms with E-state index in [1.54, 1.807) is 35.5 Å². The van der Waals surface area contributed by atoms with Crippen LogP contribution in [0.1, 0.15) is 39.9 Å². The number of hydrogen-bond donors (Lipinski definition) is 1. The van der Waals surface area contributed by atoms with Crippen LogP contribution < -0.4 is 5.32 Å². The van der Waals surface area contributed by atoms with Gasteiger partial charge >= 0.3 is 6.18 Å². The highest BCUT2D eigenvalue weighted by Gasteiger charge is 2.30. The predicted molar refractivity (Wildman–Crippen MR) is 103 cm³/mol. The van der Waals surface area contributed by atoms with Crippen LogP contribution in [-0.2, 0) is 19.3 Å². The van der Waals surface area contributed by atoms with E-state index in [0.29, 0.717) is 29.2 Å². The van der Waals surface area contributed by atoms with Crippen LogP contribution in [0.2, 0.25) is 5.02 Å². The number of nitrogens with one attached hydrogen (secondary N) is 1. The maximum atomic E-state index is 12.9. The molecule has 0 radical (unpaired) electrons. The number of anilines is 1. The maximum Gasteiger partial charge on any atom is 0.416 e. The summed E-state index contributed by atoms with van der Waals surface area (Å²) in [6, 6.07) is 5.07. The van der Waals surface area contributed by atoms with Gasteiger partial charge < -0.3 is 5.32 Å². The second-order valence-corrected chi connectivity index (χ2v) is 6.94. The first kappa shape index (κ1) is 20.9. The molecule has 2 heterocycles. The Kier molecular flexibility index (Phi) is 5.70. The number of alkyl halides is 3. The molecule has 0 fully saturated rings. The molecular formula is C19H19ClF3N5O. The van der Waals surface area contributed by atoms with Gasteiger partial charge in [-0.1, -0.05) is 23.7 Å². The standard InChI is InChI=1S/C19H19ClF3N5O/c1-4-27-10-15(20)17(26-27)18(29)24-16-11(2)25-28(12(16)3)9-13-6-5-7-14(8-13)19(21,22)23/h5-8,10H,4,9H2,1-3H3,(H,24,29). The van der Waals surface area contributed by atoms with Crippen molar-refractivity contribution in [3.8, 4) is 0 Å². The Morgan fingerprint density at radius 1 is 1.24 bits per heavy atom. The molecule has 0 saturated carbocycles. The molecule has 154 valence electrons. The van der Waals surface area contributed by atoms with Crippen molar-refractivity contribution in [2.75, 3.05) is 5.32 Å². The van der Waals surface area contributed by atoms with E-state index in [2.05, 4.69) is 15.5 Å². The number of carbonyl (C=O) groups excluding carboxylic acids is 1. The molecule has 0 spiro atoms. The first-order chi connectivity index (χ1) is 13.6. The summed E-state index contributed by atoms with van der Waals surface area (Å²) in [7, 11) is 0. The number of aromatic nitrogens is 4. The van der Waals surface area contributed by atoms with Crippen molar-refractivity contribution in [1.29, 1.82) is 0 Å². The highest BCUT2D eigenvalue weighted by atomic mass is 35.5. The van der Waals surface area contributed by atoms with Crippen LogP contribution in [-0.4, -0.2) is 25.5 Å². The van der Waals surface area contributed by atoms with E-state index in [-0.39, 0.29) is 17.3 Å². The summed E-state index contributed by atoms with van der Waals surface area (Å²) in [5.41, 5.74) is 1.45. The summed E-state index contributed by atoms with van der Waals surface area (Å²) >= 11 is 6.07. The van der Waals surface area contributed by atoms with Gasteiger partial charge in [0.1, 0.15) is 0 Å². The van der Waals surface area contributed by atoms with Crippen LogP contribution in [0.15, 0.2) is 30.5 Å². The van der Waals surface area contributed by atoms with Crippen LogP contribution in [0.5, 0.6) is 0 Å². The van der Waals surface area contributed by atoms with Crippen molar-refractivity contribution in [2.45, 2.75) is 40.0 Å². The van der Waals surface area contributed by atoms with Gasteiger partial charge in [0.25, 0.3) is 5.91 Å². The number of amides is 1. The van der Waals surface area contributed by atoms with Gasteiger partial charge in [0, 0.05) is 12.7 Å². The zero-order valence-electron chi connectivity index (χ0n) is 16.0. The third-order valence-electron chi connectivity index (χ3n) is 4.46. The zero-order valence-corrected chi connectivity index (χ0v) is 16.8. The predicted octanol–water partition coefficient (Wildman–Crippen LogP) is 4.69. The lowest BCUT2D eigenvalue weighted by molar-refractivity contribution is -0.137. The monoisotopic (exact) mass is 425 g/mol. The van der Waals surface area contributed by atoms with Crippen molar-refractivity contribution < 1.29 is 18.0 Å². The summed E-state index contributed by atoms with van der Waals surface area (Å²) in [4.78, 5) is 12.6. The Morgan fingerprint density at radius 2 is 1.97 bits per heavy atom. The molecule has 10 heteroatoms. The third kappa shape index (κ3) is 4.45. The molecule has 0 atom stereocenters. The quantitative estimate of drug-likeness (QED) is 0.645. The molecule has 2 aromatic heterocycles. The van der Waals surface area contributed by atoms with E-state index < -0.39 is 17.6 Å².